The average Bonchev–Trinajstić information content (AvgIpc) is 2.78. The van der Waals surface area contributed by atoms with Gasteiger partial charge in [0.15, 0.2) is 18.1 Å². The van der Waals surface area contributed by atoms with Gasteiger partial charge in [0.2, 0.25) is 0 Å². The molecule has 0 unspecified atom stereocenters. The van der Waals surface area contributed by atoms with Crippen molar-refractivity contribution in [1.29, 1.82) is 0 Å². The van der Waals surface area contributed by atoms with E-state index in [9.17, 15) is 4.79 Å². The summed E-state index contributed by atoms with van der Waals surface area (Å²) in [5, 5.41) is 3.96. The molecule has 0 atom stereocenters. The van der Waals surface area contributed by atoms with E-state index in [1.165, 1.54) is 6.21 Å². The van der Waals surface area contributed by atoms with Crippen LogP contribution in [0.4, 0.5) is 0 Å². The molecule has 0 bridgehead atoms. The molecule has 0 spiro atoms. The normalized spacial score (nSPS) is 10.6. The molecule has 6 nitrogen and oxygen atoms in total. The third-order valence-electron chi connectivity index (χ3n) is 4.01. The van der Waals surface area contributed by atoms with Crippen LogP contribution in [0.3, 0.4) is 0 Å². The van der Waals surface area contributed by atoms with Crippen molar-refractivity contribution < 1.29 is 19.0 Å². The van der Waals surface area contributed by atoms with Crippen LogP contribution in [0.25, 0.3) is 0 Å². The van der Waals surface area contributed by atoms with Crippen LogP contribution >= 0.6 is 15.9 Å². The predicted molar refractivity (Wildman–Crippen MR) is 119 cm³/mol. The van der Waals surface area contributed by atoms with Crippen LogP contribution in [0.1, 0.15) is 11.1 Å². The maximum absolute atomic E-state index is 11.9. The number of hydrogen-bond acceptors (Lipinski definition) is 5. The van der Waals surface area contributed by atoms with Crippen molar-refractivity contribution in [3.05, 3.63) is 88.4 Å². The van der Waals surface area contributed by atoms with E-state index >= 15 is 0 Å². The lowest BCUT2D eigenvalue weighted by atomic mass is 10.2. The van der Waals surface area contributed by atoms with E-state index in [-0.39, 0.29) is 12.5 Å². The van der Waals surface area contributed by atoms with E-state index in [2.05, 4.69) is 26.5 Å². The maximum Gasteiger partial charge on any atom is 0.277 e. The lowest BCUT2D eigenvalue weighted by Crippen LogP contribution is -2.24. The first-order valence-electron chi connectivity index (χ1n) is 9.19. The first-order valence-corrected chi connectivity index (χ1v) is 9.98. The molecule has 0 aliphatic rings. The zero-order valence-electron chi connectivity index (χ0n) is 16.4. The molecule has 7 heteroatoms. The molecule has 0 saturated heterocycles. The van der Waals surface area contributed by atoms with E-state index in [4.69, 9.17) is 14.2 Å². The standard InChI is InChI=1S/C23H21BrN2O4/c1-28-22-13-18(7-12-21(22)30-15-17-5-3-2-4-6-17)14-25-26-23(27)16-29-20-10-8-19(24)9-11-20/h2-14H,15-16H2,1H3,(H,26,27)/b25-14-. The number of benzene rings is 3. The molecule has 154 valence electrons. The molecule has 3 aromatic carbocycles. The number of rotatable bonds is 9. The van der Waals surface area contributed by atoms with Crippen LogP contribution in [-0.4, -0.2) is 25.8 Å². The fourth-order valence-electron chi connectivity index (χ4n) is 2.51. The van der Waals surface area contributed by atoms with Gasteiger partial charge in [-0.15, -0.1) is 0 Å². The van der Waals surface area contributed by atoms with Crippen LogP contribution in [0.5, 0.6) is 17.2 Å². The lowest BCUT2D eigenvalue weighted by Gasteiger charge is -2.11. The number of carbonyl (C=O) groups is 1. The van der Waals surface area contributed by atoms with Gasteiger partial charge in [0, 0.05) is 4.47 Å². The minimum Gasteiger partial charge on any atom is -0.493 e. The lowest BCUT2D eigenvalue weighted by molar-refractivity contribution is -0.123. The molecule has 0 aliphatic carbocycles. The molecular formula is C23H21BrN2O4. The smallest absolute Gasteiger partial charge is 0.277 e. The van der Waals surface area contributed by atoms with Crippen molar-refractivity contribution >= 4 is 28.1 Å². The second-order valence-electron chi connectivity index (χ2n) is 6.22. The number of nitrogens with zero attached hydrogens (tertiary/aromatic N) is 1. The van der Waals surface area contributed by atoms with Crippen LogP contribution in [-0.2, 0) is 11.4 Å². The highest BCUT2D eigenvalue weighted by Crippen LogP contribution is 2.28. The third-order valence-corrected chi connectivity index (χ3v) is 4.54. The van der Waals surface area contributed by atoms with E-state index in [0.29, 0.717) is 23.9 Å². The van der Waals surface area contributed by atoms with E-state index in [0.717, 1.165) is 15.6 Å². The maximum atomic E-state index is 11.9. The Morgan fingerprint density at radius 2 is 1.77 bits per heavy atom. The van der Waals surface area contributed by atoms with Crippen LogP contribution < -0.4 is 19.6 Å². The summed E-state index contributed by atoms with van der Waals surface area (Å²) in [5.74, 6) is 1.46. The van der Waals surface area contributed by atoms with Crippen molar-refractivity contribution in [2.75, 3.05) is 13.7 Å². The summed E-state index contributed by atoms with van der Waals surface area (Å²) in [7, 11) is 1.58. The minimum atomic E-state index is -0.357. The SMILES string of the molecule is COc1cc(/C=N\NC(=O)COc2ccc(Br)cc2)ccc1OCc1ccccc1. The van der Waals surface area contributed by atoms with Gasteiger partial charge in [-0.1, -0.05) is 46.3 Å². The Bertz CT molecular complexity index is 992. The third kappa shape index (κ3) is 6.63. The van der Waals surface area contributed by atoms with E-state index in [1.807, 2.05) is 54.6 Å². The number of ether oxygens (including phenoxy) is 3. The second-order valence-corrected chi connectivity index (χ2v) is 7.14. The average molecular weight is 469 g/mol. The highest BCUT2D eigenvalue weighted by atomic mass is 79.9. The van der Waals surface area contributed by atoms with Gasteiger partial charge in [-0.3, -0.25) is 4.79 Å². The molecule has 0 heterocycles. The minimum absolute atomic E-state index is 0.130. The number of hydrogen-bond donors (Lipinski definition) is 1. The summed E-state index contributed by atoms with van der Waals surface area (Å²) < 4.78 is 17.6. The first-order chi connectivity index (χ1) is 14.6. The molecule has 0 saturated carbocycles. The van der Waals surface area contributed by atoms with Gasteiger partial charge in [-0.05, 0) is 53.6 Å². The Hall–Kier alpha value is -3.32. The fraction of sp³-hybridized carbons (Fsp3) is 0.130. The number of nitrogens with one attached hydrogen (secondary N) is 1. The Morgan fingerprint density at radius 1 is 1.00 bits per heavy atom. The summed E-state index contributed by atoms with van der Waals surface area (Å²) in [6.45, 7) is 0.313. The zero-order chi connectivity index (χ0) is 21.2. The summed E-state index contributed by atoms with van der Waals surface area (Å²) >= 11 is 3.35. The van der Waals surface area contributed by atoms with Gasteiger partial charge in [-0.2, -0.15) is 5.10 Å². The van der Waals surface area contributed by atoms with Crippen molar-refractivity contribution in [2.45, 2.75) is 6.61 Å². The van der Waals surface area contributed by atoms with E-state index < -0.39 is 0 Å². The topological polar surface area (TPSA) is 69.2 Å². The highest BCUT2D eigenvalue weighted by molar-refractivity contribution is 9.10. The summed E-state index contributed by atoms with van der Waals surface area (Å²) in [6.07, 6.45) is 1.53. The number of carbonyl (C=O) groups excluding carboxylic acids is 1. The predicted octanol–water partition coefficient (Wildman–Crippen LogP) is 4.57. The number of methoxy groups -OCH3 is 1. The summed E-state index contributed by atoms with van der Waals surface area (Å²) in [6, 6.07) is 22.5. The van der Waals surface area contributed by atoms with E-state index in [1.54, 1.807) is 25.3 Å². The number of hydrazone groups is 1. The van der Waals surface area contributed by atoms with Gasteiger partial charge >= 0.3 is 0 Å². The molecule has 1 N–H and O–H groups in total. The molecule has 0 aromatic heterocycles. The fourth-order valence-corrected chi connectivity index (χ4v) is 2.77. The second kappa shape index (κ2) is 11.0. The van der Waals surface area contributed by atoms with Gasteiger partial charge in [0.1, 0.15) is 12.4 Å². The summed E-state index contributed by atoms with van der Waals surface area (Å²) in [4.78, 5) is 11.9. The van der Waals surface area contributed by atoms with Crippen molar-refractivity contribution in [3.8, 4) is 17.2 Å². The molecular weight excluding hydrogens is 448 g/mol. The Kier molecular flexibility index (Phi) is 7.86. The quantitative estimate of drug-likeness (QED) is 0.369. The summed E-state index contributed by atoms with van der Waals surface area (Å²) in [5.41, 5.74) is 4.26. The zero-order valence-corrected chi connectivity index (χ0v) is 18.0. The largest absolute Gasteiger partial charge is 0.493 e. The van der Waals surface area contributed by atoms with Crippen molar-refractivity contribution in [3.63, 3.8) is 0 Å². The molecule has 3 aromatic rings. The van der Waals surface area contributed by atoms with Gasteiger partial charge < -0.3 is 14.2 Å². The van der Waals surface area contributed by atoms with Crippen LogP contribution in [0.2, 0.25) is 0 Å². The number of halogens is 1. The van der Waals surface area contributed by atoms with Crippen molar-refractivity contribution in [1.82, 2.24) is 5.43 Å². The molecule has 3 rings (SSSR count). The number of amides is 1. The molecule has 0 fully saturated rings. The first kappa shape index (κ1) is 21.4. The molecule has 0 aliphatic heterocycles. The van der Waals surface area contributed by atoms with Crippen LogP contribution in [0.15, 0.2) is 82.4 Å². The molecule has 30 heavy (non-hydrogen) atoms. The monoisotopic (exact) mass is 468 g/mol. The highest BCUT2D eigenvalue weighted by Gasteiger charge is 2.06. The Balaban J connectivity index is 1.50. The Morgan fingerprint density at radius 3 is 2.50 bits per heavy atom. The van der Waals surface area contributed by atoms with Crippen molar-refractivity contribution in [2.24, 2.45) is 5.10 Å². The molecule has 1 amide bonds. The van der Waals surface area contributed by atoms with Gasteiger partial charge in [-0.25, -0.2) is 5.43 Å². The Labute approximate surface area is 183 Å². The molecule has 0 radical (unpaired) electrons. The van der Waals surface area contributed by atoms with Gasteiger partial charge in [0.05, 0.1) is 13.3 Å². The van der Waals surface area contributed by atoms with Gasteiger partial charge in [0.25, 0.3) is 5.91 Å². The van der Waals surface area contributed by atoms with Crippen LogP contribution in [0, 0.1) is 0 Å².